The zero-order valence-corrected chi connectivity index (χ0v) is 13.0. The molecule has 0 amide bonds. The molecule has 1 aromatic carbocycles. The smallest absolute Gasteiger partial charge is 0.323 e. The molecular weight excluding hydrogens is 326 g/mol. The first-order chi connectivity index (χ1) is 9.02. The zero-order chi connectivity index (χ0) is 13.9. The van der Waals surface area contributed by atoms with Crippen LogP contribution in [0.15, 0.2) is 33.6 Å². The van der Waals surface area contributed by atoms with Crippen molar-refractivity contribution in [3.8, 4) is 0 Å². The number of benzene rings is 1. The summed E-state index contributed by atoms with van der Waals surface area (Å²) in [5, 5.41) is 9.26. The lowest BCUT2D eigenvalue weighted by Gasteiger charge is -2.26. The molecule has 2 unspecified atom stereocenters. The number of rotatable bonds is 5. The van der Waals surface area contributed by atoms with Gasteiger partial charge in [-0.2, -0.15) is 0 Å². The number of carboxylic acids is 1. The van der Waals surface area contributed by atoms with Crippen LogP contribution >= 0.6 is 27.7 Å². The minimum Gasteiger partial charge on any atom is -0.480 e. The van der Waals surface area contributed by atoms with Gasteiger partial charge in [0.2, 0.25) is 0 Å². The molecule has 1 aromatic rings. The van der Waals surface area contributed by atoms with Gasteiger partial charge in [-0.05, 0) is 49.1 Å². The van der Waals surface area contributed by atoms with Crippen molar-refractivity contribution in [3.05, 3.63) is 28.7 Å². The monoisotopic (exact) mass is 343 g/mol. The highest BCUT2D eigenvalue weighted by Crippen LogP contribution is 2.37. The molecule has 0 bridgehead atoms. The molecule has 2 atom stereocenters. The summed E-state index contributed by atoms with van der Waals surface area (Å²) in [7, 11) is 0. The van der Waals surface area contributed by atoms with Gasteiger partial charge in [-0.15, -0.1) is 11.8 Å². The van der Waals surface area contributed by atoms with Gasteiger partial charge < -0.3 is 10.8 Å². The molecule has 0 saturated heterocycles. The predicted molar refractivity (Wildman–Crippen MR) is 81.4 cm³/mol. The van der Waals surface area contributed by atoms with Gasteiger partial charge in [-0.1, -0.05) is 28.4 Å². The summed E-state index contributed by atoms with van der Waals surface area (Å²) in [6.07, 6.45) is 3.32. The summed E-state index contributed by atoms with van der Waals surface area (Å²) in [4.78, 5) is 12.5. The summed E-state index contributed by atoms with van der Waals surface area (Å²) in [5.41, 5.74) is 5.03. The highest BCUT2D eigenvalue weighted by Gasteiger charge is 2.45. The topological polar surface area (TPSA) is 63.3 Å². The second-order valence-corrected chi connectivity index (χ2v) is 7.11. The van der Waals surface area contributed by atoms with Crippen LogP contribution in [0.3, 0.4) is 0 Å². The Bertz CT molecular complexity index is 469. The molecule has 1 saturated carbocycles. The lowest BCUT2D eigenvalue weighted by atomic mass is 9.86. The first-order valence-corrected chi connectivity index (χ1v) is 8.21. The molecule has 1 aliphatic carbocycles. The van der Waals surface area contributed by atoms with Crippen molar-refractivity contribution in [2.45, 2.75) is 36.1 Å². The van der Waals surface area contributed by atoms with Gasteiger partial charge in [-0.3, -0.25) is 4.79 Å². The number of halogens is 1. The molecule has 3 N–H and O–H groups in total. The van der Waals surface area contributed by atoms with Crippen molar-refractivity contribution in [1.29, 1.82) is 0 Å². The quantitative estimate of drug-likeness (QED) is 0.803. The first kappa shape index (κ1) is 14.9. The van der Waals surface area contributed by atoms with Crippen molar-refractivity contribution < 1.29 is 9.90 Å². The number of hydrogen-bond acceptors (Lipinski definition) is 3. The third kappa shape index (κ3) is 3.52. The van der Waals surface area contributed by atoms with E-state index in [-0.39, 0.29) is 5.92 Å². The molecule has 5 heteroatoms. The van der Waals surface area contributed by atoms with Gasteiger partial charge in [0.15, 0.2) is 0 Å². The van der Waals surface area contributed by atoms with Gasteiger partial charge in [0.05, 0.1) is 0 Å². The number of aliphatic carboxylic acids is 1. The molecule has 0 spiro atoms. The van der Waals surface area contributed by atoms with E-state index in [0.29, 0.717) is 6.42 Å². The van der Waals surface area contributed by atoms with Gasteiger partial charge in [0.25, 0.3) is 0 Å². The van der Waals surface area contributed by atoms with Crippen molar-refractivity contribution in [3.63, 3.8) is 0 Å². The maximum absolute atomic E-state index is 11.3. The Morgan fingerprint density at radius 1 is 1.58 bits per heavy atom. The van der Waals surface area contributed by atoms with E-state index in [1.165, 1.54) is 4.90 Å². The SMILES string of the molecule is NC1(C(=O)O)CCCC1CCSc1cccc(Br)c1. The van der Waals surface area contributed by atoms with Crippen molar-refractivity contribution in [1.82, 2.24) is 0 Å². The lowest BCUT2D eigenvalue weighted by Crippen LogP contribution is -2.51. The number of thioether (sulfide) groups is 1. The minimum atomic E-state index is -1.00. The van der Waals surface area contributed by atoms with E-state index in [4.69, 9.17) is 5.73 Å². The Morgan fingerprint density at radius 2 is 2.37 bits per heavy atom. The number of nitrogens with two attached hydrogens (primary N) is 1. The van der Waals surface area contributed by atoms with Crippen molar-refractivity contribution in [2.75, 3.05) is 5.75 Å². The average Bonchev–Trinajstić information content (AvgIpc) is 2.73. The summed E-state index contributed by atoms with van der Waals surface area (Å²) in [6.45, 7) is 0. The Balaban J connectivity index is 1.87. The summed E-state index contributed by atoms with van der Waals surface area (Å²) < 4.78 is 1.07. The molecule has 19 heavy (non-hydrogen) atoms. The molecule has 1 aliphatic rings. The van der Waals surface area contributed by atoms with Crippen LogP contribution in [0.1, 0.15) is 25.7 Å². The average molecular weight is 344 g/mol. The standard InChI is InChI=1S/C14H18BrNO2S/c15-11-4-1-5-12(9-11)19-8-6-10-3-2-7-14(10,16)13(17)18/h1,4-5,9-10H,2-3,6-8,16H2,(H,17,18). The van der Waals surface area contributed by atoms with E-state index in [9.17, 15) is 9.90 Å². The summed E-state index contributed by atoms with van der Waals surface area (Å²) in [6, 6.07) is 8.14. The van der Waals surface area contributed by atoms with E-state index < -0.39 is 11.5 Å². The number of carboxylic acid groups (broad SMARTS) is 1. The predicted octanol–water partition coefficient (Wildman–Crippen LogP) is 3.51. The van der Waals surface area contributed by atoms with Crippen LogP contribution in [0.4, 0.5) is 0 Å². The maximum atomic E-state index is 11.3. The number of hydrogen-bond donors (Lipinski definition) is 2. The van der Waals surface area contributed by atoms with Crippen LogP contribution in [-0.4, -0.2) is 22.4 Å². The highest BCUT2D eigenvalue weighted by atomic mass is 79.9. The maximum Gasteiger partial charge on any atom is 0.323 e. The molecule has 104 valence electrons. The van der Waals surface area contributed by atoms with E-state index in [1.54, 1.807) is 11.8 Å². The summed E-state index contributed by atoms with van der Waals surface area (Å²) in [5.74, 6) is 0.167. The largest absolute Gasteiger partial charge is 0.480 e. The Kier molecular flexibility index (Phi) is 4.92. The van der Waals surface area contributed by atoms with E-state index >= 15 is 0 Å². The van der Waals surface area contributed by atoms with E-state index in [0.717, 1.165) is 29.5 Å². The zero-order valence-electron chi connectivity index (χ0n) is 10.6. The fraction of sp³-hybridized carbons (Fsp3) is 0.500. The number of carbonyl (C=O) groups is 1. The van der Waals surface area contributed by atoms with E-state index in [1.807, 2.05) is 12.1 Å². The minimum absolute atomic E-state index is 0.102. The van der Waals surface area contributed by atoms with Gasteiger partial charge in [-0.25, -0.2) is 0 Å². The fourth-order valence-electron chi connectivity index (χ4n) is 2.66. The van der Waals surface area contributed by atoms with Crippen molar-refractivity contribution >= 4 is 33.7 Å². The van der Waals surface area contributed by atoms with Crippen LogP contribution < -0.4 is 5.73 Å². The van der Waals surface area contributed by atoms with Gasteiger partial charge >= 0.3 is 5.97 Å². The Morgan fingerprint density at radius 3 is 3.05 bits per heavy atom. The van der Waals surface area contributed by atoms with Crippen LogP contribution in [0.2, 0.25) is 0 Å². The van der Waals surface area contributed by atoms with Crippen LogP contribution in [0.5, 0.6) is 0 Å². The third-order valence-electron chi connectivity index (χ3n) is 3.80. The highest BCUT2D eigenvalue weighted by molar-refractivity contribution is 9.10. The molecule has 3 nitrogen and oxygen atoms in total. The van der Waals surface area contributed by atoms with Gasteiger partial charge in [0.1, 0.15) is 5.54 Å². The first-order valence-electron chi connectivity index (χ1n) is 6.43. The van der Waals surface area contributed by atoms with Crippen molar-refractivity contribution in [2.24, 2.45) is 11.7 Å². The van der Waals surface area contributed by atoms with Crippen LogP contribution in [0, 0.1) is 5.92 Å². The molecular formula is C14H18BrNO2S. The molecule has 0 aliphatic heterocycles. The third-order valence-corrected chi connectivity index (χ3v) is 5.32. The fourth-order valence-corrected chi connectivity index (χ4v) is 4.24. The molecule has 0 radical (unpaired) electrons. The molecule has 2 rings (SSSR count). The second kappa shape index (κ2) is 6.29. The van der Waals surface area contributed by atoms with E-state index in [2.05, 4.69) is 28.1 Å². The normalized spacial score (nSPS) is 26.5. The second-order valence-electron chi connectivity index (χ2n) is 5.03. The van der Waals surface area contributed by atoms with Gasteiger partial charge in [0, 0.05) is 9.37 Å². The molecule has 0 heterocycles. The lowest BCUT2D eigenvalue weighted by molar-refractivity contribution is -0.144. The molecule has 0 aromatic heterocycles. The van der Waals surface area contributed by atoms with Crippen LogP contribution in [-0.2, 0) is 4.79 Å². The van der Waals surface area contributed by atoms with Crippen LogP contribution in [0.25, 0.3) is 0 Å². The Labute approximate surface area is 126 Å². The molecule has 1 fully saturated rings. The Hall–Kier alpha value is -0.520. The summed E-state index contributed by atoms with van der Waals surface area (Å²) >= 11 is 5.20.